The monoisotopic (exact) mass is 504 g/mol. The van der Waals surface area contributed by atoms with Crippen LogP contribution in [0, 0.1) is 0 Å². The van der Waals surface area contributed by atoms with Crippen LogP contribution in [0.15, 0.2) is 84.9 Å². The van der Waals surface area contributed by atoms with E-state index >= 15 is 0 Å². The highest BCUT2D eigenvalue weighted by molar-refractivity contribution is 9.10. The smallest absolute Gasteiger partial charge is 0.240 e. The summed E-state index contributed by atoms with van der Waals surface area (Å²) < 4.78 is 38.6. The van der Waals surface area contributed by atoms with Gasteiger partial charge in [0, 0.05) is 10.2 Å². The number of anilines is 2. The lowest BCUT2D eigenvalue weighted by Crippen LogP contribution is -2.05. The minimum Gasteiger partial charge on any atom is -0.494 e. The molecule has 0 amide bonds. The second-order valence-corrected chi connectivity index (χ2v) is 9.90. The Morgan fingerprint density at radius 3 is 2.47 bits per heavy atom. The molecule has 0 bridgehead atoms. The minimum atomic E-state index is -3.90. The van der Waals surface area contributed by atoms with Crippen LogP contribution in [0.3, 0.4) is 0 Å². The summed E-state index contributed by atoms with van der Waals surface area (Å²) in [5, 5.41) is 4.76. The van der Waals surface area contributed by atoms with E-state index in [1.165, 1.54) is 23.5 Å². The van der Waals surface area contributed by atoms with Crippen LogP contribution in [0.25, 0.3) is 10.8 Å². The molecule has 0 atom stereocenters. The van der Waals surface area contributed by atoms with E-state index < -0.39 is 9.84 Å². The quantitative estimate of drug-likeness (QED) is 0.325. The SMILES string of the molecule is CCOc1ccc(Nc2oc(-c3cccs3)nc2S(=O)(=O)c2ccc(Br)cc2)cc1. The molecule has 154 valence electrons. The average molecular weight is 505 g/mol. The van der Waals surface area contributed by atoms with Crippen molar-refractivity contribution in [1.82, 2.24) is 4.98 Å². The third-order valence-corrected chi connectivity index (χ3v) is 7.19. The zero-order chi connectivity index (χ0) is 21.1. The molecule has 0 aliphatic heterocycles. The molecule has 4 rings (SSSR count). The third-order valence-electron chi connectivity index (χ3n) is 4.13. The van der Waals surface area contributed by atoms with Crippen LogP contribution >= 0.6 is 27.3 Å². The van der Waals surface area contributed by atoms with Crippen LogP contribution in [0.2, 0.25) is 0 Å². The Morgan fingerprint density at radius 1 is 1.10 bits per heavy atom. The normalized spacial score (nSPS) is 11.4. The number of nitrogens with zero attached hydrogens (tertiary/aromatic N) is 1. The van der Waals surface area contributed by atoms with Gasteiger partial charge in [0.2, 0.25) is 26.6 Å². The van der Waals surface area contributed by atoms with Gasteiger partial charge in [0.05, 0.1) is 16.4 Å². The second-order valence-electron chi connectivity index (χ2n) is 6.17. The molecule has 9 heteroatoms. The van der Waals surface area contributed by atoms with Gasteiger partial charge >= 0.3 is 0 Å². The van der Waals surface area contributed by atoms with Gasteiger partial charge in [0.15, 0.2) is 0 Å². The van der Waals surface area contributed by atoms with Crippen molar-refractivity contribution >= 4 is 48.7 Å². The summed E-state index contributed by atoms with van der Waals surface area (Å²) >= 11 is 4.74. The lowest BCUT2D eigenvalue weighted by Gasteiger charge is -2.08. The van der Waals surface area contributed by atoms with Crippen LogP contribution in [0.1, 0.15) is 6.92 Å². The van der Waals surface area contributed by atoms with Gasteiger partial charge in [-0.05, 0) is 66.9 Å². The second kappa shape index (κ2) is 8.63. The highest BCUT2D eigenvalue weighted by atomic mass is 79.9. The van der Waals surface area contributed by atoms with Gasteiger partial charge in [-0.1, -0.05) is 22.0 Å². The molecule has 0 aliphatic rings. The van der Waals surface area contributed by atoms with Crippen molar-refractivity contribution in [3.63, 3.8) is 0 Å². The Hall–Kier alpha value is -2.62. The third kappa shape index (κ3) is 4.28. The number of benzene rings is 2. The molecule has 0 saturated carbocycles. The number of sulfone groups is 1. The van der Waals surface area contributed by atoms with Crippen molar-refractivity contribution in [3.05, 3.63) is 70.5 Å². The van der Waals surface area contributed by atoms with Gasteiger partial charge in [0.25, 0.3) is 0 Å². The molecule has 0 fully saturated rings. The van der Waals surface area contributed by atoms with Gasteiger partial charge < -0.3 is 14.5 Å². The Morgan fingerprint density at radius 2 is 1.83 bits per heavy atom. The summed E-state index contributed by atoms with van der Waals surface area (Å²) in [6.45, 7) is 2.47. The van der Waals surface area contributed by atoms with Gasteiger partial charge in [0.1, 0.15) is 5.75 Å². The van der Waals surface area contributed by atoms with E-state index in [9.17, 15) is 8.42 Å². The first-order valence-corrected chi connectivity index (χ1v) is 12.2. The van der Waals surface area contributed by atoms with Crippen molar-refractivity contribution in [2.24, 2.45) is 0 Å². The van der Waals surface area contributed by atoms with Crippen LogP contribution in [-0.4, -0.2) is 20.0 Å². The Bertz CT molecular complexity index is 1230. The van der Waals surface area contributed by atoms with Gasteiger partial charge in [-0.15, -0.1) is 11.3 Å². The predicted molar refractivity (Wildman–Crippen MR) is 120 cm³/mol. The van der Waals surface area contributed by atoms with E-state index in [2.05, 4.69) is 26.2 Å². The predicted octanol–water partition coefficient (Wildman–Crippen LogP) is 6.14. The zero-order valence-corrected chi connectivity index (χ0v) is 19.1. The van der Waals surface area contributed by atoms with Crippen molar-refractivity contribution < 1.29 is 17.6 Å². The fourth-order valence-electron chi connectivity index (χ4n) is 2.73. The number of hydrogen-bond acceptors (Lipinski definition) is 7. The Kier molecular flexibility index (Phi) is 5.94. The van der Waals surface area contributed by atoms with Crippen LogP contribution in [0.4, 0.5) is 11.6 Å². The van der Waals surface area contributed by atoms with Crippen molar-refractivity contribution in [2.75, 3.05) is 11.9 Å². The van der Waals surface area contributed by atoms with Gasteiger partial charge in [-0.25, -0.2) is 8.42 Å². The van der Waals surface area contributed by atoms with Crippen LogP contribution in [-0.2, 0) is 9.84 Å². The molecular formula is C21H17BrN2O4S2. The lowest BCUT2D eigenvalue weighted by atomic mass is 10.3. The summed E-state index contributed by atoms with van der Waals surface area (Å²) in [5.74, 6) is 1.03. The van der Waals surface area contributed by atoms with E-state index in [4.69, 9.17) is 9.15 Å². The fourth-order valence-corrected chi connectivity index (χ4v) is 4.90. The molecule has 2 aromatic carbocycles. The van der Waals surface area contributed by atoms with E-state index in [1.54, 1.807) is 36.4 Å². The van der Waals surface area contributed by atoms with Crippen molar-refractivity contribution in [2.45, 2.75) is 16.8 Å². The first-order valence-electron chi connectivity index (χ1n) is 9.02. The molecule has 0 aliphatic carbocycles. The van der Waals surface area contributed by atoms with Crippen molar-refractivity contribution in [3.8, 4) is 16.5 Å². The van der Waals surface area contributed by atoms with E-state index in [1.807, 2.05) is 24.4 Å². The highest BCUT2D eigenvalue weighted by Gasteiger charge is 2.29. The number of nitrogens with one attached hydrogen (secondary N) is 1. The molecular weight excluding hydrogens is 488 g/mol. The standard InChI is InChI=1S/C21H17BrN2O4S2/c1-2-27-16-9-7-15(8-10-16)23-20-21(24-19(28-20)18-4-3-13-29-18)30(25,26)17-11-5-14(22)6-12-17/h3-13,23H,2H2,1H3. The Balaban J connectivity index is 1.76. The molecule has 2 aromatic heterocycles. The molecule has 6 nitrogen and oxygen atoms in total. The molecule has 0 saturated heterocycles. The minimum absolute atomic E-state index is 0.0606. The molecule has 30 heavy (non-hydrogen) atoms. The number of hydrogen-bond donors (Lipinski definition) is 1. The molecule has 4 aromatic rings. The molecule has 0 radical (unpaired) electrons. The maximum absolute atomic E-state index is 13.3. The van der Waals surface area contributed by atoms with Gasteiger partial charge in [-0.2, -0.15) is 4.98 Å². The molecule has 0 spiro atoms. The summed E-state index contributed by atoms with van der Waals surface area (Å²) in [7, 11) is -3.90. The summed E-state index contributed by atoms with van der Waals surface area (Å²) in [4.78, 5) is 5.19. The summed E-state index contributed by atoms with van der Waals surface area (Å²) in [5.41, 5.74) is 0.652. The lowest BCUT2D eigenvalue weighted by molar-refractivity contribution is 0.340. The van der Waals surface area contributed by atoms with Gasteiger partial charge in [-0.3, -0.25) is 0 Å². The molecule has 0 unspecified atom stereocenters. The number of oxazole rings is 1. The zero-order valence-electron chi connectivity index (χ0n) is 15.8. The maximum Gasteiger partial charge on any atom is 0.240 e. The summed E-state index contributed by atoms with van der Waals surface area (Å²) in [6, 6.07) is 17.2. The average Bonchev–Trinajstić information content (AvgIpc) is 3.40. The number of ether oxygens (including phenoxy) is 1. The van der Waals surface area contributed by atoms with E-state index in [-0.39, 0.29) is 21.7 Å². The fraction of sp³-hybridized carbons (Fsp3) is 0.0952. The molecule has 2 heterocycles. The highest BCUT2D eigenvalue weighted by Crippen LogP contribution is 2.36. The van der Waals surface area contributed by atoms with Crippen LogP contribution < -0.4 is 10.1 Å². The first-order chi connectivity index (χ1) is 14.5. The van der Waals surface area contributed by atoms with Crippen molar-refractivity contribution in [1.29, 1.82) is 0 Å². The van der Waals surface area contributed by atoms with E-state index in [0.717, 1.165) is 15.1 Å². The first kappa shape index (κ1) is 20.6. The summed E-state index contributed by atoms with van der Waals surface area (Å²) in [6.07, 6.45) is 0. The Labute approximate surface area is 186 Å². The molecule has 1 N–H and O–H groups in total. The van der Waals surface area contributed by atoms with E-state index in [0.29, 0.717) is 12.3 Å². The largest absolute Gasteiger partial charge is 0.494 e. The number of rotatable bonds is 7. The van der Waals surface area contributed by atoms with Crippen LogP contribution in [0.5, 0.6) is 5.75 Å². The number of aromatic nitrogens is 1. The number of halogens is 1. The topological polar surface area (TPSA) is 81.4 Å². The number of thiophene rings is 1. The maximum atomic E-state index is 13.3.